The number of thiazole rings is 1. The van der Waals surface area contributed by atoms with Crippen LogP contribution in [0.15, 0.2) is 47.8 Å². The molecule has 0 bridgehead atoms. The molecule has 3 aromatic rings. The van der Waals surface area contributed by atoms with E-state index in [9.17, 15) is 9.18 Å². The van der Waals surface area contributed by atoms with Gasteiger partial charge in [0.25, 0.3) is 0 Å². The maximum Gasteiger partial charge on any atom is 0.221 e. The highest BCUT2D eigenvalue weighted by molar-refractivity contribution is 7.14. The Morgan fingerprint density at radius 3 is 2.81 bits per heavy atom. The van der Waals surface area contributed by atoms with E-state index in [0.29, 0.717) is 0 Å². The predicted octanol–water partition coefficient (Wildman–Crippen LogP) is 4.47. The molecule has 1 aromatic heterocycles. The van der Waals surface area contributed by atoms with Crippen LogP contribution in [0.3, 0.4) is 0 Å². The molecule has 1 N–H and O–H groups in total. The van der Waals surface area contributed by atoms with Crippen LogP contribution in [0.2, 0.25) is 0 Å². The van der Waals surface area contributed by atoms with Gasteiger partial charge in [-0.15, -0.1) is 11.3 Å². The van der Waals surface area contributed by atoms with E-state index in [1.807, 2.05) is 17.5 Å². The van der Waals surface area contributed by atoms with Gasteiger partial charge in [0, 0.05) is 36.6 Å². The zero-order valence-electron chi connectivity index (χ0n) is 14.3. The number of anilines is 2. The molecule has 26 heavy (non-hydrogen) atoms. The molecule has 2 aromatic carbocycles. The summed E-state index contributed by atoms with van der Waals surface area (Å²) in [7, 11) is 0. The van der Waals surface area contributed by atoms with Gasteiger partial charge >= 0.3 is 0 Å². The number of nitrogens with zero attached hydrogens (tertiary/aromatic N) is 2. The second-order valence-electron chi connectivity index (χ2n) is 6.32. The Bertz CT molecular complexity index is 952. The van der Waals surface area contributed by atoms with Gasteiger partial charge in [-0.1, -0.05) is 12.1 Å². The molecule has 2 heterocycles. The van der Waals surface area contributed by atoms with Crippen LogP contribution in [0.4, 0.5) is 15.2 Å². The summed E-state index contributed by atoms with van der Waals surface area (Å²) in [5, 5.41) is 5.88. The van der Waals surface area contributed by atoms with E-state index >= 15 is 0 Å². The van der Waals surface area contributed by atoms with E-state index in [0.717, 1.165) is 41.6 Å². The molecule has 1 aliphatic rings. The lowest BCUT2D eigenvalue weighted by molar-refractivity contribution is -0.114. The number of halogens is 1. The van der Waals surface area contributed by atoms with Gasteiger partial charge in [0.2, 0.25) is 5.91 Å². The van der Waals surface area contributed by atoms with Gasteiger partial charge in [0.05, 0.1) is 5.69 Å². The van der Waals surface area contributed by atoms with Gasteiger partial charge in [-0.25, -0.2) is 9.37 Å². The Labute approximate surface area is 155 Å². The van der Waals surface area contributed by atoms with E-state index < -0.39 is 0 Å². The van der Waals surface area contributed by atoms with Gasteiger partial charge in [-0.3, -0.25) is 4.79 Å². The maximum absolute atomic E-state index is 13.1. The minimum Gasteiger partial charge on any atom is -0.343 e. The van der Waals surface area contributed by atoms with E-state index in [-0.39, 0.29) is 11.7 Å². The zero-order chi connectivity index (χ0) is 18.1. The lowest BCUT2D eigenvalue weighted by Gasteiger charge is -2.29. The topological polar surface area (TPSA) is 45.2 Å². The molecule has 0 saturated carbocycles. The first-order chi connectivity index (χ1) is 12.6. The van der Waals surface area contributed by atoms with Crippen LogP contribution in [0.5, 0.6) is 0 Å². The van der Waals surface area contributed by atoms with E-state index in [4.69, 9.17) is 4.98 Å². The monoisotopic (exact) mass is 367 g/mol. The van der Waals surface area contributed by atoms with Crippen LogP contribution >= 0.6 is 11.3 Å². The summed E-state index contributed by atoms with van der Waals surface area (Å²) in [6.45, 7) is 3.14. The lowest BCUT2D eigenvalue weighted by atomic mass is 9.98. The third kappa shape index (κ3) is 3.32. The smallest absolute Gasteiger partial charge is 0.221 e. The van der Waals surface area contributed by atoms with Crippen LogP contribution in [0, 0.1) is 5.82 Å². The molecule has 132 valence electrons. The molecule has 4 nitrogen and oxygen atoms in total. The number of aromatic nitrogens is 1. The molecule has 0 radical (unpaired) electrons. The Morgan fingerprint density at radius 2 is 2.04 bits per heavy atom. The normalized spacial score (nSPS) is 13.4. The second-order valence-corrected chi connectivity index (χ2v) is 7.15. The highest BCUT2D eigenvalue weighted by atomic mass is 32.1. The van der Waals surface area contributed by atoms with Gasteiger partial charge < -0.3 is 10.2 Å². The van der Waals surface area contributed by atoms with Gasteiger partial charge in [0.15, 0.2) is 5.13 Å². The molecule has 0 atom stereocenters. The summed E-state index contributed by atoms with van der Waals surface area (Å²) in [5.74, 6) is -0.295. The highest BCUT2D eigenvalue weighted by Crippen LogP contribution is 2.33. The predicted molar refractivity (Wildman–Crippen MR) is 103 cm³/mol. The van der Waals surface area contributed by atoms with E-state index in [1.54, 1.807) is 23.5 Å². The first-order valence-electron chi connectivity index (χ1n) is 8.45. The third-order valence-corrected chi connectivity index (χ3v) is 5.38. The fourth-order valence-electron chi connectivity index (χ4n) is 3.24. The summed E-state index contributed by atoms with van der Waals surface area (Å²) in [5.41, 5.74) is 5.10. The summed E-state index contributed by atoms with van der Waals surface area (Å²) < 4.78 is 13.1. The van der Waals surface area contributed by atoms with Crippen molar-refractivity contribution in [2.24, 2.45) is 0 Å². The van der Waals surface area contributed by atoms with Crippen molar-refractivity contribution in [2.75, 3.05) is 16.8 Å². The standard InChI is InChI=1S/C20H18FN3OS/c1-13(25)22-18-4-2-3-15-11-24(10-9-17(15)18)20-23-19(12-26-20)14-5-7-16(21)8-6-14/h2-8,12H,9-11H2,1H3,(H,22,25). The molecule has 4 rings (SSSR count). The molecule has 1 amide bonds. The summed E-state index contributed by atoms with van der Waals surface area (Å²) in [6, 6.07) is 12.4. The first kappa shape index (κ1) is 16.7. The Balaban J connectivity index is 1.56. The Hall–Kier alpha value is -2.73. The fourth-order valence-corrected chi connectivity index (χ4v) is 4.10. The minimum atomic E-state index is -0.244. The average molecular weight is 367 g/mol. The molecular formula is C20H18FN3OS. The number of hydrogen-bond donors (Lipinski definition) is 1. The van der Waals surface area contributed by atoms with Gasteiger partial charge in [0.1, 0.15) is 5.82 Å². The number of carbonyl (C=O) groups excluding carboxylic acids is 1. The van der Waals surface area contributed by atoms with Gasteiger partial charge in [-0.05, 0) is 47.9 Å². The number of rotatable bonds is 3. The molecule has 0 saturated heterocycles. The number of fused-ring (bicyclic) bond motifs is 1. The lowest BCUT2D eigenvalue weighted by Crippen LogP contribution is -2.31. The SMILES string of the molecule is CC(=O)Nc1cccc2c1CCN(c1nc(-c3ccc(F)cc3)cs1)C2. The molecule has 1 aliphatic heterocycles. The molecule has 6 heteroatoms. The molecule has 0 aliphatic carbocycles. The molecular weight excluding hydrogens is 349 g/mol. The Morgan fingerprint density at radius 1 is 1.23 bits per heavy atom. The third-order valence-electron chi connectivity index (χ3n) is 4.48. The van der Waals surface area contributed by atoms with Crippen molar-refractivity contribution in [1.29, 1.82) is 0 Å². The number of hydrogen-bond acceptors (Lipinski definition) is 4. The minimum absolute atomic E-state index is 0.0512. The molecule has 0 unspecified atom stereocenters. The Kier molecular flexibility index (Phi) is 4.42. The number of benzene rings is 2. The van der Waals surface area contributed by atoms with Crippen LogP contribution < -0.4 is 10.2 Å². The second kappa shape index (κ2) is 6.88. The quantitative estimate of drug-likeness (QED) is 0.743. The van der Waals surface area contributed by atoms with E-state index in [1.165, 1.54) is 30.2 Å². The maximum atomic E-state index is 13.1. The highest BCUT2D eigenvalue weighted by Gasteiger charge is 2.21. The van der Waals surface area contributed by atoms with Crippen molar-refractivity contribution < 1.29 is 9.18 Å². The van der Waals surface area contributed by atoms with Crippen molar-refractivity contribution in [3.05, 3.63) is 64.8 Å². The number of nitrogens with one attached hydrogen (secondary N) is 1. The van der Waals surface area contributed by atoms with Crippen LogP contribution in [0.25, 0.3) is 11.3 Å². The van der Waals surface area contributed by atoms with Crippen molar-refractivity contribution in [2.45, 2.75) is 19.9 Å². The van der Waals surface area contributed by atoms with Crippen molar-refractivity contribution in [3.8, 4) is 11.3 Å². The van der Waals surface area contributed by atoms with Gasteiger partial charge in [-0.2, -0.15) is 0 Å². The summed E-state index contributed by atoms with van der Waals surface area (Å²) >= 11 is 1.60. The molecule has 0 spiro atoms. The van der Waals surface area contributed by atoms with Crippen molar-refractivity contribution in [3.63, 3.8) is 0 Å². The average Bonchev–Trinajstić information content (AvgIpc) is 3.12. The summed E-state index contributed by atoms with van der Waals surface area (Å²) in [4.78, 5) is 18.4. The number of amides is 1. The largest absolute Gasteiger partial charge is 0.343 e. The number of carbonyl (C=O) groups is 1. The zero-order valence-corrected chi connectivity index (χ0v) is 15.1. The van der Waals surface area contributed by atoms with Crippen molar-refractivity contribution >= 4 is 28.1 Å². The molecule has 0 fully saturated rings. The van der Waals surface area contributed by atoms with Crippen LogP contribution in [-0.4, -0.2) is 17.4 Å². The van der Waals surface area contributed by atoms with Crippen LogP contribution in [0.1, 0.15) is 18.1 Å². The van der Waals surface area contributed by atoms with E-state index in [2.05, 4.69) is 16.3 Å². The van der Waals surface area contributed by atoms with Crippen LogP contribution in [-0.2, 0) is 17.8 Å². The van der Waals surface area contributed by atoms with Crippen molar-refractivity contribution in [1.82, 2.24) is 4.98 Å². The first-order valence-corrected chi connectivity index (χ1v) is 9.33. The fraction of sp³-hybridized carbons (Fsp3) is 0.200. The summed E-state index contributed by atoms with van der Waals surface area (Å²) in [6.07, 6.45) is 0.858.